The molecule has 2 aliphatic rings. The Bertz CT molecular complexity index is 498. The van der Waals surface area contributed by atoms with Gasteiger partial charge in [0.2, 0.25) is 0 Å². The number of hydrogen-bond acceptors (Lipinski definition) is 3. The third-order valence-corrected chi connectivity index (χ3v) is 3.87. The van der Waals surface area contributed by atoms with Crippen LogP contribution in [-0.2, 0) is 0 Å². The van der Waals surface area contributed by atoms with E-state index in [9.17, 15) is 0 Å². The molecule has 3 heteroatoms. The molecule has 1 aliphatic heterocycles. The van der Waals surface area contributed by atoms with Gasteiger partial charge in [-0.1, -0.05) is 6.08 Å². The molecule has 0 amide bonds. The number of fused-ring (bicyclic) bond motifs is 1. The minimum absolute atomic E-state index is 0.611. The van der Waals surface area contributed by atoms with Crippen LogP contribution in [0.15, 0.2) is 24.5 Å². The molecule has 17 heavy (non-hydrogen) atoms. The van der Waals surface area contributed by atoms with Gasteiger partial charge in [0.25, 0.3) is 0 Å². The number of nitriles is 1. The molecule has 0 saturated carbocycles. The van der Waals surface area contributed by atoms with Gasteiger partial charge < -0.3 is 5.32 Å². The molecule has 0 unspecified atom stereocenters. The summed E-state index contributed by atoms with van der Waals surface area (Å²) in [7, 11) is 0. The Morgan fingerprint density at radius 2 is 2.35 bits per heavy atom. The van der Waals surface area contributed by atoms with Crippen LogP contribution >= 0.6 is 0 Å². The molecule has 0 bridgehead atoms. The fourth-order valence-electron chi connectivity index (χ4n) is 2.98. The minimum Gasteiger partial charge on any atom is -0.316 e. The lowest BCUT2D eigenvalue weighted by atomic mass is 9.84. The predicted molar refractivity (Wildman–Crippen MR) is 66.0 cm³/mol. The van der Waals surface area contributed by atoms with Gasteiger partial charge in [-0.05, 0) is 48.4 Å². The van der Waals surface area contributed by atoms with Crippen molar-refractivity contribution >= 4 is 5.57 Å². The van der Waals surface area contributed by atoms with Crippen molar-refractivity contribution in [3.05, 3.63) is 35.7 Å². The van der Waals surface area contributed by atoms with Crippen molar-refractivity contribution in [1.29, 1.82) is 5.26 Å². The first-order valence-electron chi connectivity index (χ1n) is 6.15. The quantitative estimate of drug-likeness (QED) is 0.795. The second kappa shape index (κ2) is 4.31. The molecule has 1 aromatic heterocycles. The average Bonchev–Trinajstić information content (AvgIpc) is 2.82. The van der Waals surface area contributed by atoms with Gasteiger partial charge in [-0.15, -0.1) is 0 Å². The maximum atomic E-state index is 8.92. The van der Waals surface area contributed by atoms with Crippen LogP contribution < -0.4 is 5.32 Å². The van der Waals surface area contributed by atoms with Gasteiger partial charge in [0.1, 0.15) is 6.07 Å². The van der Waals surface area contributed by atoms with Gasteiger partial charge in [-0.25, -0.2) is 0 Å². The maximum Gasteiger partial charge on any atom is 0.101 e. The van der Waals surface area contributed by atoms with E-state index in [0.717, 1.165) is 24.6 Å². The second-order valence-corrected chi connectivity index (χ2v) is 4.83. The Kier molecular flexibility index (Phi) is 2.66. The monoisotopic (exact) mass is 225 g/mol. The van der Waals surface area contributed by atoms with E-state index < -0.39 is 0 Å². The number of aromatic nitrogens is 1. The minimum atomic E-state index is 0.611. The number of piperidine rings is 1. The molecule has 2 atom stereocenters. The summed E-state index contributed by atoms with van der Waals surface area (Å²) in [6.07, 6.45) is 8.27. The third-order valence-electron chi connectivity index (χ3n) is 3.87. The Labute approximate surface area is 101 Å². The topological polar surface area (TPSA) is 48.7 Å². The summed E-state index contributed by atoms with van der Waals surface area (Å²) in [4.78, 5) is 4.15. The van der Waals surface area contributed by atoms with Crippen molar-refractivity contribution in [2.75, 3.05) is 13.1 Å². The standard InChI is InChI=1S/C14H15N3/c15-6-10-5-12(8-17-7-10)13-2-1-11-3-4-16-9-14(11)13/h2,5,7-8,11,14,16H,1,3-4,9H2/t11-,14+/m0/s1. The molecular weight excluding hydrogens is 210 g/mol. The van der Waals surface area contributed by atoms with Gasteiger partial charge in [-0.2, -0.15) is 5.26 Å². The largest absolute Gasteiger partial charge is 0.316 e. The van der Waals surface area contributed by atoms with E-state index in [1.54, 1.807) is 6.20 Å². The summed E-state index contributed by atoms with van der Waals surface area (Å²) in [6.45, 7) is 2.20. The lowest BCUT2D eigenvalue weighted by molar-refractivity contribution is 0.328. The van der Waals surface area contributed by atoms with E-state index in [-0.39, 0.29) is 0 Å². The van der Waals surface area contributed by atoms with Crippen LogP contribution in [0.1, 0.15) is 24.0 Å². The van der Waals surface area contributed by atoms with Crippen molar-refractivity contribution in [3.8, 4) is 6.07 Å². The molecule has 0 spiro atoms. The van der Waals surface area contributed by atoms with Gasteiger partial charge in [-0.3, -0.25) is 4.98 Å². The van der Waals surface area contributed by atoms with Crippen LogP contribution in [0.4, 0.5) is 0 Å². The molecule has 1 aromatic rings. The highest BCUT2D eigenvalue weighted by Crippen LogP contribution is 2.40. The summed E-state index contributed by atoms with van der Waals surface area (Å²) in [5.74, 6) is 1.40. The number of nitrogens with one attached hydrogen (secondary N) is 1. The average molecular weight is 225 g/mol. The van der Waals surface area contributed by atoms with Crippen LogP contribution in [0.25, 0.3) is 5.57 Å². The van der Waals surface area contributed by atoms with Crippen LogP contribution in [0, 0.1) is 23.2 Å². The van der Waals surface area contributed by atoms with E-state index in [0.29, 0.717) is 11.5 Å². The first-order valence-corrected chi connectivity index (χ1v) is 6.15. The molecule has 1 fully saturated rings. The highest BCUT2D eigenvalue weighted by Gasteiger charge is 2.32. The highest BCUT2D eigenvalue weighted by atomic mass is 14.9. The van der Waals surface area contributed by atoms with E-state index in [2.05, 4.69) is 22.4 Å². The van der Waals surface area contributed by atoms with Crippen molar-refractivity contribution in [1.82, 2.24) is 10.3 Å². The van der Waals surface area contributed by atoms with Crippen LogP contribution in [-0.4, -0.2) is 18.1 Å². The van der Waals surface area contributed by atoms with Gasteiger partial charge in [0.05, 0.1) is 5.56 Å². The number of nitrogens with zero attached hydrogens (tertiary/aromatic N) is 2. The van der Waals surface area contributed by atoms with Crippen molar-refractivity contribution in [2.24, 2.45) is 11.8 Å². The van der Waals surface area contributed by atoms with E-state index in [4.69, 9.17) is 5.26 Å². The SMILES string of the molecule is N#Cc1cncc(C2=CC[C@H]3CCNC[C@@H]23)c1. The summed E-state index contributed by atoms with van der Waals surface area (Å²) in [5, 5.41) is 12.4. The van der Waals surface area contributed by atoms with E-state index >= 15 is 0 Å². The number of allylic oxidation sites excluding steroid dienone is 1. The number of pyridine rings is 1. The van der Waals surface area contributed by atoms with Gasteiger partial charge in [0, 0.05) is 18.9 Å². The lowest BCUT2D eigenvalue weighted by Crippen LogP contribution is -2.34. The molecule has 2 heterocycles. The summed E-state index contributed by atoms with van der Waals surface area (Å²) < 4.78 is 0. The smallest absolute Gasteiger partial charge is 0.101 e. The molecule has 1 N–H and O–H groups in total. The normalized spacial score (nSPS) is 27.1. The van der Waals surface area contributed by atoms with Crippen molar-refractivity contribution in [2.45, 2.75) is 12.8 Å². The van der Waals surface area contributed by atoms with Gasteiger partial charge >= 0.3 is 0 Å². The summed E-state index contributed by atoms with van der Waals surface area (Å²) in [6, 6.07) is 4.11. The zero-order valence-corrected chi connectivity index (χ0v) is 9.69. The molecular formula is C14H15N3. The zero-order valence-electron chi connectivity index (χ0n) is 9.69. The van der Waals surface area contributed by atoms with E-state index in [1.165, 1.54) is 18.4 Å². The van der Waals surface area contributed by atoms with Crippen LogP contribution in [0.3, 0.4) is 0 Å². The highest BCUT2D eigenvalue weighted by molar-refractivity contribution is 5.70. The zero-order chi connectivity index (χ0) is 11.7. The number of rotatable bonds is 1. The predicted octanol–water partition coefficient (Wildman–Crippen LogP) is 1.97. The first kappa shape index (κ1) is 10.5. The second-order valence-electron chi connectivity index (χ2n) is 4.83. The maximum absolute atomic E-state index is 8.92. The molecule has 0 aromatic carbocycles. The van der Waals surface area contributed by atoms with Crippen molar-refractivity contribution in [3.63, 3.8) is 0 Å². The van der Waals surface area contributed by atoms with Gasteiger partial charge in [0.15, 0.2) is 0 Å². The number of hydrogen-bond donors (Lipinski definition) is 1. The third kappa shape index (κ3) is 1.85. The molecule has 3 rings (SSSR count). The Morgan fingerprint density at radius 3 is 3.24 bits per heavy atom. The Hall–Kier alpha value is -1.66. The van der Waals surface area contributed by atoms with E-state index in [1.807, 2.05) is 12.3 Å². The summed E-state index contributed by atoms with van der Waals surface area (Å²) in [5.41, 5.74) is 3.16. The van der Waals surface area contributed by atoms with Crippen molar-refractivity contribution < 1.29 is 0 Å². The molecule has 1 aliphatic carbocycles. The molecule has 3 nitrogen and oxygen atoms in total. The molecule has 0 radical (unpaired) electrons. The van der Waals surface area contributed by atoms with Crippen LogP contribution in [0.5, 0.6) is 0 Å². The fourth-order valence-corrected chi connectivity index (χ4v) is 2.98. The van der Waals surface area contributed by atoms with Crippen LogP contribution in [0.2, 0.25) is 0 Å². The summed E-state index contributed by atoms with van der Waals surface area (Å²) >= 11 is 0. The fraction of sp³-hybridized carbons (Fsp3) is 0.429. The molecule has 86 valence electrons. The lowest BCUT2D eigenvalue weighted by Gasteiger charge is -2.28. The first-order chi connectivity index (χ1) is 8.38. The molecule has 1 saturated heterocycles. The Balaban J connectivity index is 1.91. The Morgan fingerprint density at radius 1 is 1.41 bits per heavy atom.